The lowest BCUT2D eigenvalue weighted by atomic mass is 10.2. The van der Waals surface area contributed by atoms with Gasteiger partial charge in [-0.15, -0.1) is 0 Å². The molecule has 8 nitrogen and oxygen atoms in total. The number of nitrogens with zero attached hydrogens (tertiary/aromatic N) is 2. The van der Waals surface area contributed by atoms with Gasteiger partial charge in [-0.25, -0.2) is 14.8 Å². The molecule has 0 atom stereocenters. The van der Waals surface area contributed by atoms with E-state index in [1.54, 1.807) is 37.4 Å². The fourth-order valence-corrected chi connectivity index (χ4v) is 2.52. The van der Waals surface area contributed by atoms with Gasteiger partial charge < -0.3 is 20.1 Å². The van der Waals surface area contributed by atoms with Crippen LogP contribution in [0.5, 0.6) is 5.75 Å². The van der Waals surface area contributed by atoms with Crippen LogP contribution in [0.1, 0.15) is 26.4 Å². The average Bonchev–Trinajstić information content (AvgIpc) is 2.78. The summed E-state index contributed by atoms with van der Waals surface area (Å²) < 4.78 is 9.79. The topological polar surface area (TPSA) is 102 Å². The van der Waals surface area contributed by atoms with Gasteiger partial charge in [-0.3, -0.25) is 4.79 Å². The van der Waals surface area contributed by atoms with Gasteiger partial charge in [0.05, 0.1) is 19.8 Å². The van der Waals surface area contributed by atoms with Gasteiger partial charge in [0.15, 0.2) is 0 Å². The molecule has 0 spiro atoms. The molecule has 2 aromatic carbocycles. The Hall–Kier alpha value is -3.94. The molecular weight excluding hydrogens is 372 g/mol. The number of carbonyl (C=O) groups excluding carboxylic acids is 2. The van der Waals surface area contributed by atoms with E-state index in [1.807, 2.05) is 24.3 Å². The van der Waals surface area contributed by atoms with Crippen molar-refractivity contribution in [2.75, 3.05) is 24.9 Å². The van der Waals surface area contributed by atoms with E-state index in [0.717, 1.165) is 11.3 Å². The molecule has 0 unspecified atom stereocenters. The molecule has 1 aromatic heterocycles. The highest BCUT2D eigenvalue weighted by Gasteiger charge is 2.10. The maximum Gasteiger partial charge on any atom is 0.337 e. The first kappa shape index (κ1) is 19.8. The van der Waals surface area contributed by atoms with Crippen molar-refractivity contribution >= 4 is 23.4 Å². The molecule has 0 bridgehead atoms. The van der Waals surface area contributed by atoms with Crippen LogP contribution in [0.25, 0.3) is 0 Å². The minimum atomic E-state index is -0.439. The van der Waals surface area contributed by atoms with Crippen molar-refractivity contribution in [3.63, 3.8) is 0 Å². The van der Waals surface area contributed by atoms with E-state index < -0.39 is 5.97 Å². The van der Waals surface area contributed by atoms with Crippen molar-refractivity contribution in [2.24, 2.45) is 0 Å². The number of benzene rings is 2. The zero-order valence-electron chi connectivity index (χ0n) is 16.0. The van der Waals surface area contributed by atoms with Crippen molar-refractivity contribution in [1.82, 2.24) is 9.97 Å². The van der Waals surface area contributed by atoms with Gasteiger partial charge >= 0.3 is 5.97 Å². The van der Waals surface area contributed by atoms with Crippen LogP contribution in [0.2, 0.25) is 0 Å². The van der Waals surface area contributed by atoms with E-state index in [4.69, 9.17) is 4.74 Å². The molecular formula is C21H20N4O4. The van der Waals surface area contributed by atoms with Crippen molar-refractivity contribution in [2.45, 2.75) is 6.54 Å². The van der Waals surface area contributed by atoms with E-state index >= 15 is 0 Å². The summed E-state index contributed by atoms with van der Waals surface area (Å²) >= 11 is 0. The second-order valence-electron chi connectivity index (χ2n) is 6.01. The summed E-state index contributed by atoms with van der Waals surface area (Å²) in [5.41, 5.74) is 2.20. The fourth-order valence-electron chi connectivity index (χ4n) is 2.52. The number of rotatable bonds is 7. The summed E-state index contributed by atoms with van der Waals surface area (Å²) in [5, 5.41) is 5.89. The van der Waals surface area contributed by atoms with E-state index in [0.29, 0.717) is 23.6 Å². The monoisotopic (exact) mass is 392 g/mol. The third kappa shape index (κ3) is 5.29. The van der Waals surface area contributed by atoms with Crippen LogP contribution in [0.4, 0.5) is 11.5 Å². The summed E-state index contributed by atoms with van der Waals surface area (Å²) in [6.45, 7) is 0.539. The molecule has 2 N–H and O–H groups in total. The Morgan fingerprint density at radius 1 is 0.966 bits per heavy atom. The molecule has 0 aliphatic rings. The summed E-state index contributed by atoms with van der Waals surface area (Å²) in [7, 11) is 2.93. The zero-order chi connectivity index (χ0) is 20.6. The molecule has 29 heavy (non-hydrogen) atoms. The Bertz CT molecular complexity index is 988. The zero-order valence-corrected chi connectivity index (χ0v) is 16.0. The molecule has 0 radical (unpaired) electrons. The van der Waals surface area contributed by atoms with Gasteiger partial charge in [-0.2, -0.15) is 0 Å². The highest BCUT2D eigenvalue weighted by atomic mass is 16.5. The molecule has 1 amide bonds. The summed E-state index contributed by atoms with van der Waals surface area (Å²) in [6.07, 6.45) is 1.33. The Labute approximate surface area is 167 Å². The maximum absolute atomic E-state index is 12.5. The van der Waals surface area contributed by atoms with Crippen LogP contribution < -0.4 is 15.4 Å². The largest absolute Gasteiger partial charge is 0.497 e. The highest BCUT2D eigenvalue weighted by molar-refractivity contribution is 6.03. The number of ether oxygens (including phenoxy) is 2. The molecule has 0 saturated carbocycles. The van der Waals surface area contributed by atoms with Gasteiger partial charge in [0.25, 0.3) is 5.91 Å². The van der Waals surface area contributed by atoms with Crippen LogP contribution >= 0.6 is 0 Å². The number of esters is 1. The normalized spacial score (nSPS) is 10.1. The number of carbonyl (C=O) groups is 2. The second-order valence-corrected chi connectivity index (χ2v) is 6.01. The third-order valence-corrected chi connectivity index (χ3v) is 4.10. The average molecular weight is 392 g/mol. The lowest BCUT2D eigenvalue weighted by molar-refractivity contribution is 0.0600. The smallest absolute Gasteiger partial charge is 0.337 e. The van der Waals surface area contributed by atoms with Crippen LogP contribution in [0.15, 0.2) is 60.9 Å². The first-order valence-corrected chi connectivity index (χ1v) is 8.77. The molecule has 148 valence electrons. The Morgan fingerprint density at radius 2 is 1.69 bits per heavy atom. The van der Waals surface area contributed by atoms with Gasteiger partial charge in [0.2, 0.25) is 0 Å². The van der Waals surface area contributed by atoms with E-state index in [2.05, 4.69) is 25.3 Å². The van der Waals surface area contributed by atoms with Gasteiger partial charge in [0, 0.05) is 18.3 Å². The van der Waals surface area contributed by atoms with E-state index in [-0.39, 0.29) is 11.6 Å². The standard InChI is InChI=1S/C21H20N4O4/c1-28-17-9-3-14(4-10-17)12-22-19-11-18(23-13-24-19)20(26)25-16-7-5-15(6-8-16)21(27)29-2/h3-11,13H,12H2,1-2H3,(H,25,26)(H,22,23,24). The Morgan fingerprint density at radius 3 is 2.34 bits per heavy atom. The number of aromatic nitrogens is 2. The minimum absolute atomic E-state index is 0.217. The van der Waals surface area contributed by atoms with Crippen molar-refractivity contribution in [1.29, 1.82) is 0 Å². The molecule has 1 heterocycles. The van der Waals surface area contributed by atoms with Crippen molar-refractivity contribution in [3.8, 4) is 5.75 Å². The summed E-state index contributed by atoms with van der Waals surface area (Å²) in [6, 6.07) is 15.6. The number of hydrogen-bond donors (Lipinski definition) is 2. The minimum Gasteiger partial charge on any atom is -0.497 e. The molecule has 3 rings (SSSR count). The fraction of sp³-hybridized carbons (Fsp3) is 0.143. The first-order valence-electron chi connectivity index (χ1n) is 8.77. The van der Waals surface area contributed by atoms with Crippen molar-refractivity contribution < 1.29 is 19.1 Å². The lowest BCUT2D eigenvalue weighted by Gasteiger charge is -2.09. The number of hydrogen-bond acceptors (Lipinski definition) is 7. The molecule has 8 heteroatoms. The van der Waals surface area contributed by atoms with E-state index in [9.17, 15) is 9.59 Å². The van der Waals surface area contributed by atoms with Gasteiger partial charge in [-0.1, -0.05) is 12.1 Å². The van der Waals surface area contributed by atoms with Crippen LogP contribution in [0.3, 0.4) is 0 Å². The molecule has 0 fully saturated rings. The van der Waals surface area contributed by atoms with Crippen LogP contribution in [0, 0.1) is 0 Å². The van der Waals surface area contributed by atoms with E-state index in [1.165, 1.54) is 13.4 Å². The Balaban J connectivity index is 1.61. The number of methoxy groups -OCH3 is 2. The number of amides is 1. The molecule has 0 aliphatic heterocycles. The summed E-state index contributed by atoms with van der Waals surface area (Å²) in [5.74, 6) is 0.494. The second kappa shape index (κ2) is 9.32. The third-order valence-electron chi connectivity index (χ3n) is 4.10. The lowest BCUT2D eigenvalue weighted by Crippen LogP contribution is -2.15. The quantitative estimate of drug-likeness (QED) is 0.596. The van der Waals surface area contributed by atoms with Crippen molar-refractivity contribution in [3.05, 3.63) is 77.7 Å². The highest BCUT2D eigenvalue weighted by Crippen LogP contribution is 2.14. The predicted octanol–water partition coefficient (Wildman–Crippen LogP) is 3.14. The summed E-state index contributed by atoms with van der Waals surface area (Å²) in [4.78, 5) is 32.1. The first-order chi connectivity index (χ1) is 14.1. The number of anilines is 2. The maximum atomic E-state index is 12.5. The number of nitrogens with one attached hydrogen (secondary N) is 2. The molecule has 0 saturated heterocycles. The molecule has 0 aliphatic carbocycles. The van der Waals surface area contributed by atoms with Gasteiger partial charge in [0.1, 0.15) is 23.6 Å². The van der Waals surface area contributed by atoms with Crippen LogP contribution in [-0.4, -0.2) is 36.1 Å². The van der Waals surface area contributed by atoms with Gasteiger partial charge in [-0.05, 0) is 42.0 Å². The Kier molecular flexibility index (Phi) is 6.36. The predicted molar refractivity (Wildman–Crippen MR) is 108 cm³/mol. The SMILES string of the molecule is COC(=O)c1ccc(NC(=O)c2cc(NCc3ccc(OC)cc3)ncn2)cc1. The molecule has 3 aromatic rings. The van der Waals surface area contributed by atoms with Crippen LogP contribution in [-0.2, 0) is 11.3 Å².